The Labute approximate surface area is 218 Å². The van der Waals surface area contributed by atoms with Crippen LogP contribution in [0.25, 0.3) is 0 Å². The predicted molar refractivity (Wildman–Crippen MR) is 142 cm³/mol. The van der Waals surface area contributed by atoms with E-state index in [0.29, 0.717) is 6.42 Å². The molecule has 37 heavy (non-hydrogen) atoms. The van der Waals surface area contributed by atoms with Crippen LogP contribution in [0, 0.1) is 5.82 Å². The number of carbonyl (C=O) groups is 2. The highest BCUT2D eigenvalue weighted by Gasteiger charge is 2.33. The summed E-state index contributed by atoms with van der Waals surface area (Å²) in [7, 11) is -4.23. The molecule has 0 bridgehead atoms. The van der Waals surface area contributed by atoms with Gasteiger partial charge in [-0.25, -0.2) is 12.8 Å². The van der Waals surface area contributed by atoms with Crippen LogP contribution >= 0.6 is 0 Å². The highest BCUT2D eigenvalue weighted by molar-refractivity contribution is 7.92. The van der Waals surface area contributed by atoms with E-state index in [2.05, 4.69) is 5.32 Å². The fourth-order valence-electron chi connectivity index (χ4n) is 3.94. The van der Waals surface area contributed by atoms with E-state index >= 15 is 0 Å². The van der Waals surface area contributed by atoms with E-state index < -0.39 is 34.3 Å². The predicted octanol–water partition coefficient (Wildman–Crippen LogP) is 4.35. The number of halogens is 1. The topological polar surface area (TPSA) is 86.8 Å². The van der Waals surface area contributed by atoms with Crippen LogP contribution in [-0.2, 0) is 26.2 Å². The molecular weight excluding hydrogens is 493 g/mol. The van der Waals surface area contributed by atoms with Gasteiger partial charge in [-0.3, -0.25) is 13.9 Å². The Balaban J connectivity index is 2.02. The molecule has 0 aliphatic carbocycles. The first-order valence-electron chi connectivity index (χ1n) is 12.1. The van der Waals surface area contributed by atoms with Gasteiger partial charge >= 0.3 is 0 Å². The van der Waals surface area contributed by atoms with Crippen molar-refractivity contribution in [3.8, 4) is 0 Å². The highest BCUT2D eigenvalue weighted by atomic mass is 32.2. The summed E-state index contributed by atoms with van der Waals surface area (Å²) in [6, 6.07) is 21.0. The fourth-order valence-corrected chi connectivity index (χ4v) is 5.35. The molecule has 9 heteroatoms. The summed E-state index contributed by atoms with van der Waals surface area (Å²) in [5.74, 6) is -1.42. The minimum Gasteiger partial charge on any atom is -0.352 e. The van der Waals surface area contributed by atoms with Gasteiger partial charge in [-0.05, 0) is 62.2 Å². The lowest BCUT2D eigenvalue weighted by molar-refractivity contribution is -0.140. The molecule has 0 aromatic heterocycles. The molecular formula is C28H32FN3O4S. The van der Waals surface area contributed by atoms with Crippen LogP contribution in [-0.4, -0.2) is 43.8 Å². The molecule has 0 radical (unpaired) electrons. The van der Waals surface area contributed by atoms with Crippen LogP contribution in [0.5, 0.6) is 0 Å². The number of sulfonamides is 1. The lowest BCUT2D eigenvalue weighted by atomic mass is 10.1. The second kappa shape index (κ2) is 12.5. The smallest absolute Gasteiger partial charge is 0.264 e. The third-order valence-corrected chi connectivity index (χ3v) is 7.53. The molecule has 1 N–H and O–H groups in total. The molecule has 7 nitrogen and oxygen atoms in total. The van der Waals surface area contributed by atoms with Gasteiger partial charge in [0.2, 0.25) is 11.8 Å². The SMILES string of the molecule is CC[C@@H](C(=O)NC(C)C)N(Cc1ccccc1)C(=O)CN(c1ccccc1)S(=O)(=O)c1ccc(F)cc1. The van der Waals surface area contributed by atoms with Crippen molar-refractivity contribution in [3.05, 3.63) is 96.3 Å². The number of hydrogen-bond acceptors (Lipinski definition) is 4. The van der Waals surface area contributed by atoms with Crippen molar-refractivity contribution in [1.29, 1.82) is 0 Å². The van der Waals surface area contributed by atoms with E-state index in [9.17, 15) is 22.4 Å². The Morgan fingerprint density at radius 2 is 1.46 bits per heavy atom. The van der Waals surface area contributed by atoms with Gasteiger partial charge in [-0.2, -0.15) is 0 Å². The first-order chi connectivity index (χ1) is 17.6. The number of benzene rings is 3. The Kier molecular flexibility index (Phi) is 9.41. The molecule has 0 spiro atoms. The zero-order valence-corrected chi connectivity index (χ0v) is 22.0. The van der Waals surface area contributed by atoms with Gasteiger partial charge in [0, 0.05) is 12.6 Å². The van der Waals surface area contributed by atoms with E-state index in [1.807, 2.05) is 44.2 Å². The average Bonchev–Trinajstić information content (AvgIpc) is 2.88. The second-order valence-electron chi connectivity index (χ2n) is 8.90. The lowest BCUT2D eigenvalue weighted by Gasteiger charge is -2.33. The number of anilines is 1. The van der Waals surface area contributed by atoms with Crippen molar-refractivity contribution >= 4 is 27.5 Å². The van der Waals surface area contributed by atoms with Crippen LogP contribution in [0.4, 0.5) is 10.1 Å². The maximum atomic E-state index is 13.8. The molecule has 0 saturated heterocycles. The maximum absolute atomic E-state index is 13.8. The number of para-hydroxylation sites is 1. The van der Waals surface area contributed by atoms with E-state index in [1.54, 1.807) is 37.3 Å². The van der Waals surface area contributed by atoms with E-state index in [1.165, 1.54) is 4.90 Å². The van der Waals surface area contributed by atoms with E-state index in [-0.39, 0.29) is 29.1 Å². The van der Waals surface area contributed by atoms with Crippen molar-refractivity contribution in [3.63, 3.8) is 0 Å². The van der Waals surface area contributed by atoms with Crippen molar-refractivity contribution in [2.24, 2.45) is 0 Å². The van der Waals surface area contributed by atoms with Crippen LogP contribution in [0.3, 0.4) is 0 Å². The molecule has 0 aliphatic rings. The van der Waals surface area contributed by atoms with Gasteiger partial charge < -0.3 is 10.2 Å². The summed E-state index contributed by atoms with van der Waals surface area (Å²) in [5, 5.41) is 2.86. The summed E-state index contributed by atoms with van der Waals surface area (Å²) < 4.78 is 41.8. The van der Waals surface area contributed by atoms with Gasteiger partial charge in [-0.15, -0.1) is 0 Å². The molecule has 3 aromatic carbocycles. The third-order valence-electron chi connectivity index (χ3n) is 5.74. The largest absolute Gasteiger partial charge is 0.352 e. The van der Waals surface area contributed by atoms with Crippen molar-refractivity contribution in [1.82, 2.24) is 10.2 Å². The average molecular weight is 526 g/mol. The molecule has 0 aliphatic heterocycles. The molecule has 196 valence electrons. The maximum Gasteiger partial charge on any atom is 0.264 e. The number of carbonyl (C=O) groups excluding carboxylic acids is 2. The van der Waals surface area contributed by atoms with E-state index in [0.717, 1.165) is 34.1 Å². The number of hydrogen-bond donors (Lipinski definition) is 1. The Morgan fingerprint density at radius 1 is 0.892 bits per heavy atom. The normalized spacial score (nSPS) is 12.1. The quantitative estimate of drug-likeness (QED) is 0.403. The monoisotopic (exact) mass is 525 g/mol. The number of nitrogens with one attached hydrogen (secondary N) is 1. The molecule has 0 unspecified atom stereocenters. The first kappa shape index (κ1) is 27.9. The van der Waals surface area contributed by atoms with Crippen molar-refractivity contribution in [2.75, 3.05) is 10.8 Å². The molecule has 0 saturated carbocycles. The van der Waals surface area contributed by atoms with Gasteiger partial charge in [0.25, 0.3) is 10.0 Å². The van der Waals surface area contributed by atoms with E-state index in [4.69, 9.17) is 0 Å². The van der Waals surface area contributed by atoms with Crippen LogP contribution in [0.1, 0.15) is 32.8 Å². The van der Waals surface area contributed by atoms with Gasteiger partial charge in [0.1, 0.15) is 18.4 Å². The zero-order valence-electron chi connectivity index (χ0n) is 21.2. The van der Waals surface area contributed by atoms with Gasteiger partial charge in [0.15, 0.2) is 0 Å². The standard InChI is InChI=1S/C28H32FN3O4S/c1-4-26(28(34)30-21(2)3)31(19-22-11-7-5-8-12-22)27(33)20-32(24-13-9-6-10-14-24)37(35,36)25-17-15-23(29)16-18-25/h5-18,21,26H,4,19-20H2,1-3H3,(H,30,34)/t26-/m0/s1. The molecule has 2 amide bonds. The molecule has 1 atom stereocenters. The third kappa shape index (κ3) is 7.16. The lowest BCUT2D eigenvalue weighted by Crippen LogP contribution is -2.53. The molecule has 3 aromatic rings. The van der Waals surface area contributed by atoms with Crippen LogP contribution in [0.15, 0.2) is 89.8 Å². The summed E-state index contributed by atoms with van der Waals surface area (Å²) in [6.45, 7) is 5.06. The first-order valence-corrected chi connectivity index (χ1v) is 13.5. The minimum atomic E-state index is -4.23. The van der Waals surface area contributed by atoms with Gasteiger partial charge in [-0.1, -0.05) is 55.5 Å². The fraction of sp³-hybridized carbons (Fsp3) is 0.286. The summed E-state index contributed by atoms with van der Waals surface area (Å²) >= 11 is 0. The Hall–Kier alpha value is -3.72. The Bertz CT molecular complexity index is 1280. The highest BCUT2D eigenvalue weighted by Crippen LogP contribution is 2.25. The number of nitrogens with zero attached hydrogens (tertiary/aromatic N) is 2. The van der Waals surface area contributed by atoms with Crippen molar-refractivity contribution < 1.29 is 22.4 Å². The number of amides is 2. The van der Waals surface area contributed by atoms with Gasteiger partial charge in [0.05, 0.1) is 10.6 Å². The summed E-state index contributed by atoms with van der Waals surface area (Å²) in [5.41, 5.74) is 1.08. The van der Waals surface area contributed by atoms with Crippen LogP contribution < -0.4 is 9.62 Å². The molecule has 0 heterocycles. The van der Waals surface area contributed by atoms with Crippen molar-refractivity contribution in [2.45, 2.75) is 50.7 Å². The minimum absolute atomic E-state index is 0.128. The number of rotatable bonds is 11. The molecule has 3 rings (SSSR count). The summed E-state index contributed by atoms with van der Waals surface area (Å²) in [6.07, 6.45) is 0.340. The molecule has 0 fully saturated rings. The second-order valence-corrected chi connectivity index (χ2v) is 10.8. The van der Waals surface area contributed by atoms with Crippen LogP contribution in [0.2, 0.25) is 0 Å². The summed E-state index contributed by atoms with van der Waals surface area (Å²) in [4.78, 5) is 28.2. The zero-order chi connectivity index (χ0) is 27.0. The Morgan fingerprint density at radius 3 is 2.00 bits per heavy atom.